The van der Waals surface area contributed by atoms with Gasteiger partial charge < -0.3 is 20.1 Å². The number of carboxylic acids is 1. The molecule has 0 bridgehead atoms. The number of alkyl halides is 2. The molecule has 2 aromatic rings. The Hall–Kier alpha value is -3.31. The predicted octanol–water partition coefficient (Wildman–Crippen LogP) is 3.65. The van der Waals surface area contributed by atoms with Crippen LogP contribution in [0.15, 0.2) is 12.1 Å². The summed E-state index contributed by atoms with van der Waals surface area (Å²) >= 11 is 0. The number of amides is 1. The first kappa shape index (κ1) is 26.3. The van der Waals surface area contributed by atoms with Crippen LogP contribution in [0.3, 0.4) is 0 Å². The molecule has 2 aromatic heterocycles. The molecule has 0 aromatic carbocycles. The molecule has 3 fully saturated rings. The van der Waals surface area contributed by atoms with E-state index in [4.69, 9.17) is 9.72 Å². The van der Waals surface area contributed by atoms with Crippen molar-refractivity contribution < 1.29 is 28.2 Å². The van der Waals surface area contributed by atoms with Crippen LogP contribution < -0.4 is 10.2 Å². The molecular weight excluding hydrogens is 498 g/mol. The fraction of sp³-hybridized carbons (Fsp3) is 0.654. The fourth-order valence-electron chi connectivity index (χ4n) is 6.20. The number of alkyl carbamates (subject to hydrolysis) is 1. The summed E-state index contributed by atoms with van der Waals surface area (Å²) in [6, 6.07) is 3.86. The normalized spacial score (nSPS) is 25.6. The lowest BCUT2D eigenvalue weighted by Gasteiger charge is -2.34. The average Bonchev–Trinajstić information content (AvgIpc) is 3.17. The van der Waals surface area contributed by atoms with E-state index in [-0.39, 0.29) is 49.5 Å². The number of aliphatic carboxylic acids is 1. The minimum absolute atomic E-state index is 0.00650. The van der Waals surface area contributed by atoms with Gasteiger partial charge in [0.15, 0.2) is 0 Å². The molecule has 0 unspecified atom stereocenters. The third-order valence-corrected chi connectivity index (χ3v) is 8.19. The molecule has 206 valence electrons. The van der Waals surface area contributed by atoms with E-state index >= 15 is 0 Å². The molecule has 2 N–H and O–H groups in total. The second-order valence-electron chi connectivity index (χ2n) is 10.8. The lowest BCUT2D eigenvalue weighted by atomic mass is 9.94. The minimum atomic E-state index is -2.56. The number of aryl methyl sites for hydroxylation is 2. The Kier molecular flexibility index (Phi) is 7.23. The molecule has 5 rings (SSSR count). The Morgan fingerprint density at radius 2 is 2.03 bits per heavy atom. The summed E-state index contributed by atoms with van der Waals surface area (Å²) in [5.41, 5.74) is 3.60. The second-order valence-corrected chi connectivity index (χ2v) is 10.8. The zero-order valence-electron chi connectivity index (χ0n) is 21.7. The number of rotatable bonds is 9. The minimum Gasteiger partial charge on any atom is -0.481 e. The maximum absolute atomic E-state index is 13.4. The molecule has 1 amide bonds. The van der Waals surface area contributed by atoms with Crippen LogP contribution in [0.1, 0.15) is 50.4 Å². The number of hydrogen-bond acceptors (Lipinski definition) is 7. The van der Waals surface area contributed by atoms with Crippen LogP contribution >= 0.6 is 0 Å². The molecule has 1 aliphatic heterocycles. The maximum atomic E-state index is 13.4. The van der Waals surface area contributed by atoms with Gasteiger partial charge in [0.2, 0.25) is 5.92 Å². The van der Waals surface area contributed by atoms with E-state index in [1.165, 1.54) is 0 Å². The van der Waals surface area contributed by atoms with Gasteiger partial charge in [-0.25, -0.2) is 23.2 Å². The van der Waals surface area contributed by atoms with Crippen molar-refractivity contribution in [3.8, 4) is 11.4 Å². The van der Waals surface area contributed by atoms with E-state index in [1.807, 2.05) is 19.1 Å². The van der Waals surface area contributed by atoms with Gasteiger partial charge in [0.05, 0.1) is 17.1 Å². The van der Waals surface area contributed by atoms with Crippen molar-refractivity contribution in [2.45, 2.75) is 58.0 Å². The zero-order valence-corrected chi connectivity index (χ0v) is 21.7. The summed E-state index contributed by atoms with van der Waals surface area (Å²) in [5.74, 6) is -3.13. The van der Waals surface area contributed by atoms with E-state index in [9.17, 15) is 23.5 Å². The van der Waals surface area contributed by atoms with E-state index in [0.717, 1.165) is 30.8 Å². The number of ether oxygens (including phenoxy) is 1. The molecule has 38 heavy (non-hydrogen) atoms. The van der Waals surface area contributed by atoms with E-state index < -0.39 is 18.0 Å². The number of nitrogens with one attached hydrogen (secondary N) is 1. The Bertz CT molecular complexity index is 1190. The number of nitrogens with zero attached hydrogens (tertiary/aromatic N) is 5. The maximum Gasteiger partial charge on any atom is 0.407 e. The molecule has 2 aliphatic carbocycles. The SMILES string of the molecule is CCc1nc(-c2nnn(C)c2COC(=O)NCC2[C@@H]3CC(F)(F)C[C@@H]23)ccc1N1CCC[C@H](CC(=O)O)C1. The Morgan fingerprint density at radius 1 is 1.26 bits per heavy atom. The Balaban J connectivity index is 1.21. The molecule has 12 heteroatoms. The molecule has 1 saturated heterocycles. The fourth-order valence-corrected chi connectivity index (χ4v) is 6.20. The monoisotopic (exact) mass is 532 g/mol. The van der Waals surface area contributed by atoms with Crippen molar-refractivity contribution in [3.63, 3.8) is 0 Å². The summed E-state index contributed by atoms with van der Waals surface area (Å²) in [5, 5.41) is 20.2. The standard InChI is InChI=1S/C26H34F2N6O4/c1-3-19-21(34-8-4-5-15(13-34)9-23(35)36)7-6-20(30-19)24-22(33(2)32-31-24)14-38-25(37)29-12-18-16-10-26(27,28)11-17(16)18/h6-7,15-18H,3-5,8-14H2,1-2H3,(H,29,37)(H,35,36)/t15-,16-,17-/m1/s1. The number of anilines is 1. The van der Waals surface area contributed by atoms with Crippen molar-refractivity contribution in [3.05, 3.63) is 23.5 Å². The van der Waals surface area contributed by atoms with Gasteiger partial charge in [-0.1, -0.05) is 12.1 Å². The molecule has 0 radical (unpaired) electrons. The number of aromatic nitrogens is 4. The van der Waals surface area contributed by atoms with Crippen LogP contribution in [0, 0.1) is 23.7 Å². The van der Waals surface area contributed by atoms with Crippen LogP contribution in [0.4, 0.5) is 19.3 Å². The van der Waals surface area contributed by atoms with Crippen molar-refractivity contribution in [1.29, 1.82) is 0 Å². The largest absolute Gasteiger partial charge is 0.481 e. The molecular formula is C26H34F2N6O4. The van der Waals surface area contributed by atoms with Crippen molar-refractivity contribution in [2.24, 2.45) is 30.7 Å². The first-order chi connectivity index (χ1) is 18.1. The average molecular weight is 533 g/mol. The van der Waals surface area contributed by atoms with Gasteiger partial charge in [0.25, 0.3) is 0 Å². The predicted molar refractivity (Wildman–Crippen MR) is 134 cm³/mol. The number of carbonyl (C=O) groups is 2. The summed E-state index contributed by atoms with van der Waals surface area (Å²) in [7, 11) is 1.71. The summed E-state index contributed by atoms with van der Waals surface area (Å²) < 4.78 is 33.7. The highest BCUT2D eigenvalue weighted by molar-refractivity contribution is 5.68. The van der Waals surface area contributed by atoms with Gasteiger partial charge in [-0.2, -0.15) is 0 Å². The molecule has 0 spiro atoms. The highest BCUT2D eigenvalue weighted by atomic mass is 19.3. The Morgan fingerprint density at radius 3 is 2.74 bits per heavy atom. The van der Waals surface area contributed by atoms with Gasteiger partial charge in [-0.3, -0.25) is 4.79 Å². The summed E-state index contributed by atoms with van der Waals surface area (Å²) in [6.07, 6.45) is 1.91. The first-order valence-corrected chi connectivity index (χ1v) is 13.3. The van der Waals surface area contributed by atoms with Crippen molar-refractivity contribution in [2.75, 3.05) is 24.5 Å². The Labute approximate surface area is 219 Å². The number of hydrogen-bond donors (Lipinski definition) is 2. The van der Waals surface area contributed by atoms with E-state index in [0.29, 0.717) is 36.6 Å². The van der Waals surface area contributed by atoms with E-state index in [2.05, 4.69) is 20.5 Å². The van der Waals surface area contributed by atoms with Gasteiger partial charge in [0, 0.05) is 45.9 Å². The third kappa shape index (κ3) is 5.58. The number of pyridine rings is 1. The quantitative estimate of drug-likeness (QED) is 0.502. The highest BCUT2D eigenvalue weighted by Gasteiger charge is 2.62. The molecule has 10 nitrogen and oxygen atoms in total. The zero-order chi connectivity index (χ0) is 27.0. The smallest absolute Gasteiger partial charge is 0.407 e. The van der Waals surface area contributed by atoms with Crippen molar-refractivity contribution >= 4 is 17.7 Å². The van der Waals surface area contributed by atoms with Crippen LogP contribution in [-0.4, -0.2) is 62.7 Å². The van der Waals surface area contributed by atoms with E-state index in [1.54, 1.807) is 11.7 Å². The number of halogens is 2. The number of fused-ring (bicyclic) bond motifs is 1. The first-order valence-electron chi connectivity index (χ1n) is 13.3. The number of carboxylic acid groups (broad SMARTS) is 1. The lowest BCUT2D eigenvalue weighted by molar-refractivity contribution is -0.138. The van der Waals surface area contributed by atoms with Gasteiger partial charge in [0.1, 0.15) is 18.0 Å². The lowest BCUT2D eigenvalue weighted by Crippen LogP contribution is -2.37. The molecule has 3 heterocycles. The van der Waals surface area contributed by atoms with Gasteiger partial charge >= 0.3 is 12.1 Å². The topological polar surface area (TPSA) is 122 Å². The van der Waals surface area contributed by atoms with Crippen LogP contribution in [-0.2, 0) is 29.6 Å². The van der Waals surface area contributed by atoms with Gasteiger partial charge in [-0.15, -0.1) is 5.10 Å². The summed E-state index contributed by atoms with van der Waals surface area (Å²) in [6.45, 7) is 3.84. The number of carbonyl (C=O) groups excluding carboxylic acids is 1. The van der Waals surface area contributed by atoms with Crippen LogP contribution in [0.2, 0.25) is 0 Å². The van der Waals surface area contributed by atoms with Crippen LogP contribution in [0.25, 0.3) is 11.4 Å². The summed E-state index contributed by atoms with van der Waals surface area (Å²) in [4.78, 5) is 30.6. The second kappa shape index (κ2) is 10.5. The number of piperidine rings is 1. The van der Waals surface area contributed by atoms with Crippen LogP contribution in [0.5, 0.6) is 0 Å². The highest BCUT2D eigenvalue weighted by Crippen LogP contribution is 2.62. The molecule has 2 saturated carbocycles. The molecule has 3 atom stereocenters. The van der Waals surface area contributed by atoms with Gasteiger partial charge in [-0.05, 0) is 55.1 Å². The molecule has 3 aliphatic rings. The van der Waals surface area contributed by atoms with Crippen molar-refractivity contribution in [1.82, 2.24) is 25.3 Å². The third-order valence-electron chi connectivity index (χ3n) is 8.19.